The Bertz CT molecular complexity index is 429. The predicted octanol–water partition coefficient (Wildman–Crippen LogP) is 0.966. The molecule has 0 bridgehead atoms. The summed E-state index contributed by atoms with van der Waals surface area (Å²) in [6.45, 7) is 1.92. The molecular formula is C8H10N4O. The molecule has 2 rings (SSSR count). The van der Waals surface area contributed by atoms with Gasteiger partial charge in [0.15, 0.2) is 0 Å². The second-order valence-electron chi connectivity index (χ2n) is 2.92. The zero-order valence-electron chi connectivity index (χ0n) is 7.48. The maximum atomic E-state index is 5.42. The van der Waals surface area contributed by atoms with Gasteiger partial charge in [0.1, 0.15) is 5.69 Å². The summed E-state index contributed by atoms with van der Waals surface area (Å²) in [5, 5.41) is 8.00. The maximum absolute atomic E-state index is 5.42. The summed E-state index contributed by atoms with van der Waals surface area (Å²) < 4.78 is 6.51. The monoisotopic (exact) mass is 178 g/mol. The molecule has 2 N–H and O–H groups in total. The zero-order valence-corrected chi connectivity index (χ0v) is 7.48. The molecule has 68 valence electrons. The van der Waals surface area contributed by atoms with Gasteiger partial charge in [0.25, 0.3) is 0 Å². The molecule has 0 fully saturated rings. The quantitative estimate of drug-likeness (QED) is 0.706. The minimum atomic E-state index is 0.318. The van der Waals surface area contributed by atoms with Crippen LogP contribution in [0.15, 0.2) is 16.8 Å². The third-order valence-corrected chi connectivity index (χ3v) is 1.82. The van der Waals surface area contributed by atoms with E-state index in [9.17, 15) is 0 Å². The molecule has 0 aliphatic rings. The topological polar surface area (TPSA) is 69.9 Å². The molecule has 0 aliphatic carbocycles. The van der Waals surface area contributed by atoms with E-state index >= 15 is 0 Å². The van der Waals surface area contributed by atoms with E-state index in [1.54, 1.807) is 10.7 Å². The normalized spacial score (nSPS) is 10.6. The summed E-state index contributed by atoms with van der Waals surface area (Å²) in [5.74, 6) is 0.318. The average molecular weight is 178 g/mol. The van der Waals surface area contributed by atoms with Crippen LogP contribution in [0.3, 0.4) is 0 Å². The van der Waals surface area contributed by atoms with Gasteiger partial charge in [-0.2, -0.15) is 5.10 Å². The van der Waals surface area contributed by atoms with Crippen LogP contribution < -0.4 is 5.73 Å². The molecule has 13 heavy (non-hydrogen) atoms. The molecule has 0 spiro atoms. The van der Waals surface area contributed by atoms with Gasteiger partial charge in [-0.3, -0.25) is 4.68 Å². The Hall–Kier alpha value is -1.78. The summed E-state index contributed by atoms with van der Waals surface area (Å²) in [6, 6.07) is 1.68. The van der Waals surface area contributed by atoms with Gasteiger partial charge in [0, 0.05) is 24.9 Å². The summed E-state index contributed by atoms with van der Waals surface area (Å²) >= 11 is 0. The van der Waals surface area contributed by atoms with E-state index in [-0.39, 0.29) is 0 Å². The molecule has 0 aliphatic heterocycles. The summed E-state index contributed by atoms with van der Waals surface area (Å²) in [5.41, 5.74) is 8.00. The first-order chi connectivity index (χ1) is 6.16. The van der Waals surface area contributed by atoms with Crippen molar-refractivity contribution >= 4 is 5.88 Å². The van der Waals surface area contributed by atoms with E-state index in [0.717, 1.165) is 17.0 Å². The van der Waals surface area contributed by atoms with Crippen LogP contribution in [0.1, 0.15) is 5.69 Å². The molecule has 0 saturated heterocycles. The second kappa shape index (κ2) is 2.62. The molecule has 0 atom stereocenters. The lowest BCUT2D eigenvalue weighted by molar-refractivity contribution is 0.439. The highest BCUT2D eigenvalue weighted by atomic mass is 16.5. The second-order valence-corrected chi connectivity index (χ2v) is 2.92. The molecule has 5 nitrogen and oxygen atoms in total. The van der Waals surface area contributed by atoms with Crippen LogP contribution in [-0.4, -0.2) is 14.9 Å². The largest absolute Gasteiger partial charge is 0.368 e. The summed E-state index contributed by atoms with van der Waals surface area (Å²) in [7, 11) is 1.86. The molecule has 0 amide bonds. The van der Waals surface area contributed by atoms with Crippen LogP contribution in [0.2, 0.25) is 0 Å². The van der Waals surface area contributed by atoms with Gasteiger partial charge in [-0.05, 0) is 6.92 Å². The van der Waals surface area contributed by atoms with E-state index in [0.29, 0.717) is 5.88 Å². The van der Waals surface area contributed by atoms with Crippen molar-refractivity contribution in [1.82, 2.24) is 14.9 Å². The molecular weight excluding hydrogens is 168 g/mol. The molecule has 2 heterocycles. The van der Waals surface area contributed by atoms with E-state index < -0.39 is 0 Å². The zero-order chi connectivity index (χ0) is 9.42. The van der Waals surface area contributed by atoms with Crippen molar-refractivity contribution < 1.29 is 4.52 Å². The highest BCUT2D eigenvalue weighted by Crippen LogP contribution is 2.22. The first-order valence-electron chi connectivity index (χ1n) is 3.89. The fraction of sp³-hybridized carbons (Fsp3) is 0.250. The van der Waals surface area contributed by atoms with Crippen LogP contribution >= 0.6 is 0 Å². The highest BCUT2D eigenvalue weighted by molar-refractivity contribution is 5.62. The van der Waals surface area contributed by atoms with Crippen LogP contribution in [0, 0.1) is 6.92 Å². The van der Waals surface area contributed by atoms with Crippen molar-refractivity contribution in [2.45, 2.75) is 6.92 Å². The Kier molecular flexibility index (Phi) is 1.58. The molecule has 0 saturated carbocycles. The Balaban J connectivity index is 2.51. The number of hydrogen-bond donors (Lipinski definition) is 1. The highest BCUT2D eigenvalue weighted by Gasteiger charge is 2.09. The number of aryl methyl sites for hydroxylation is 2. The standard InChI is InChI=1S/C8H10N4O/c1-5-6(4-12(2)10-5)7-3-8(9)13-11-7/h3-4H,9H2,1-2H3. The van der Waals surface area contributed by atoms with E-state index in [1.807, 2.05) is 20.2 Å². The van der Waals surface area contributed by atoms with Gasteiger partial charge in [-0.1, -0.05) is 5.16 Å². The third kappa shape index (κ3) is 1.28. The van der Waals surface area contributed by atoms with E-state index in [2.05, 4.69) is 10.3 Å². The van der Waals surface area contributed by atoms with Crippen molar-refractivity contribution in [2.24, 2.45) is 7.05 Å². The lowest BCUT2D eigenvalue weighted by Gasteiger charge is -1.87. The van der Waals surface area contributed by atoms with Crippen molar-refractivity contribution in [3.05, 3.63) is 18.0 Å². The van der Waals surface area contributed by atoms with Crippen LogP contribution in [0.5, 0.6) is 0 Å². The fourth-order valence-electron chi connectivity index (χ4n) is 1.27. The van der Waals surface area contributed by atoms with Gasteiger partial charge < -0.3 is 10.3 Å². The lowest BCUT2D eigenvalue weighted by atomic mass is 10.2. The Labute approximate surface area is 75.1 Å². The van der Waals surface area contributed by atoms with Gasteiger partial charge in [-0.25, -0.2) is 0 Å². The van der Waals surface area contributed by atoms with Crippen LogP contribution in [0.4, 0.5) is 5.88 Å². The van der Waals surface area contributed by atoms with Crippen molar-refractivity contribution in [2.75, 3.05) is 5.73 Å². The van der Waals surface area contributed by atoms with E-state index in [1.165, 1.54) is 0 Å². The number of nitrogen functional groups attached to an aromatic ring is 1. The van der Waals surface area contributed by atoms with Crippen molar-refractivity contribution in [3.63, 3.8) is 0 Å². The Morgan fingerprint density at radius 3 is 2.77 bits per heavy atom. The summed E-state index contributed by atoms with van der Waals surface area (Å²) in [4.78, 5) is 0. The predicted molar refractivity (Wildman–Crippen MR) is 47.9 cm³/mol. The minimum absolute atomic E-state index is 0.318. The van der Waals surface area contributed by atoms with Crippen molar-refractivity contribution in [1.29, 1.82) is 0 Å². The summed E-state index contributed by atoms with van der Waals surface area (Å²) in [6.07, 6.45) is 1.88. The van der Waals surface area contributed by atoms with Gasteiger partial charge in [-0.15, -0.1) is 0 Å². The molecule has 2 aromatic rings. The number of rotatable bonds is 1. The molecule has 5 heteroatoms. The van der Waals surface area contributed by atoms with E-state index in [4.69, 9.17) is 10.3 Å². The number of nitrogens with zero attached hydrogens (tertiary/aromatic N) is 3. The number of hydrogen-bond acceptors (Lipinski definition) is 4. The lowest BCUT2D eigenvalue weighted by Crippen LogP contribution is -1.86. The SMILES string of the molecule is Cc1nn(C)cc1-c1cc(N)on1. The number of aromatic nitrogens is 3. The van der Waals surface area contributed by atoms with Gasteiger partial charge in [0.05, 0.1) is 5.69 Å². The minimum Gasteiger partial charge on any atom is -0.368 e. The number of nitrogens with two attached hydrogens (primary N) is 1. The van der Waals surface area contributed by atoms with Gasteiger partial charge >= 0.3 is 0 Å². The van der Waals surface area contributed by atoms with Crippen LogP contribution in [0.25, 0.3) is 11.3 Å². The first kappa shape index (κ1) is 7.85. The number of anilines is 1. The maximum Gasteiger partial charge on any atom is 0.222 e. The molecule has 0 unspecified atom stereocenters. The molecule has 0 aromatic carbocycles. The first-order valence-corrected chi connectivity index (χ1v) is 3.89. The van der Waals surface area contributed by atoms with Crippen molar-refractivity contribution in [3.8, 4) is 11.3 Å². The van der Waals surface area contributed by atoms with Crippen LogP contribution in [-0.2, 0) is 7.05 Å². The van der Waals surface area contributed by atoms with Gasteiger partial charge in [0.2, 0.25) is 5.88 Å². The third-order valence-electron chi connectivity index (χ3n) is 1.82. The average Bonchev–Trinajstić information content (AvgIpc) is 2.58. The smallest absolute Gasteiger partial charge is 0.222 e. The molecule has 0 radical (unpaired) electrons. The fourth-order valence-corrected chi connectivity index (χ4v) is 1.27. The Morgan fingerprint density at radius 2 is 2.31 bits per heavy atom. The Morgan fingerprint density at radius 1 is 1.54 bits per heavy atom. The molecule has 2 aromatic heterocycles.